The molecule has 4 N–H and O–H groups in total. The first-order valence-electron chi connectivity index (χ1n) is 6.01. The topological polar surface area (TPSA) is 111 Å². The molecule has 0 spiro atoms. The Hall–Kier alpha value is -2.61. The Morgan fingerprint density at radius 1 is 1.38 bits per heavy atom. The van der Waals surface area contributed by atoms with Gasteiger partial charge in [-0.15, -0.1) is 0 Å². The second-order valence-corrected chi connectivity index (χ2v) is 5.16. The molecule has 2 aromatic rings. The summed E-state index contributed by atoms with van der Waals surface area (Å²) in [5, 5.41) is 15.7. The zero-order chi connectivity index (χ0) is 15.4. The average Bonchev–Trinajstić information content (AvgIpc) is 2.82. The highest BCUT2D eigenvalue weighted by molar-refractivity contribution is 7.07. The van der Waals surface area contributed by atoms with Crippen LogP contribution in [0.2, 0.25) is 0 Å². The molecule has 7 nitrogen and oxygen atoms in total. The van der Waals surface area contributed by atoms with E-state index in [4.69, 9.17) is 5.11 Å². The van der Waals surface area contributed by atoms with E-state index in [1.54, 1.807) is 18.4 Å². The van der Waals surface area contributed by atoms with Crippen LogP contribution in [0.25, 0.3) is 0 Å². The molecule has 1 aromatic carbocycles. The minimum Gasteiger partial charge on any atom is -0.478 e. The van der Waals surface area contributed by atoms with Crippen molar-refractivity contribution >= 4 is 29.0 Å². The largest absolute Gasteiger partial charge is 0.478 e. The third-order valence-corrected chi connectivity index (χ3v) is 3.44. The summed E-state index contributed by atoms with van der Waals surface area (Å²) in [5.41, 5.74) is 1.87. The van der Waals surface area contributed by atoms with E-state index in [9.17, 15) is 14.4 Å². The van der Waals surface area contributed by atoms with E-state index in [0.29, 0.717) is 16.9 Å². The lowest BCUT2D eigenvalue weighted by Crippen LogP contribution is -2.28. The number of nitrogens with one attached hydrogen (secondary N) is 3. The monoisotopic (exact) mass is 307 g/mol. The zero-order valence-corrected chi connectivity index (χ0v) is 11.9. The van der Waals surface area contributed by atoms with Crippen LogP contribution in [0.3, 0.4) is 0 Å². The molecule has 110 valence electrons. The number of amides is 2. The van der Waals surface area contributed by atoms with E-state index in [0.717, 1.165) is 11.3 Å². The molecule has 2 amide bonds. The van der Waals surface area contributed by atoms with Crippen molar-refractivity contribution in [2.75, 3.05) is 5.32 Å². The maximum absolute atomic E-state index is 11.7. The number of benzene rings is 1. The van der Waals surface area contributed by atoms with Gasteiger partial charge in [0.15, 0.2) is 0 Å². The van der Waals surface area contributed by atoms with Crippen molar-refractivity contribution in [2.45, 2.75) is 13.5 Å². The second-order valence-electron chi connectivity index (χ2n) is 4.32. The van der Waals surface area contributed by atoms with Crippen LogP contribution < -0.4 is 15.5 Å². The number of hydrogen-bond donors (Lipinski definition) is 4. The molecule has 0 saturated carbocycles. The summed E-state index contributed by atoms with van der Waals surface area (Å²) in [6.45, 7) is 1.86. The molecule has 8 heteroatoms. The number of aromatic carboxylic acids is 1. The van der Waals surface area contributed by atoms with Crippen LogP contribution in [0, 0.1) is 6.92 Å². The van der Waals surface area contributed by atoms with Gasteiger partial charge in [-0.2, -0.15) is 0 Å². The van der Waals surface area contributed by atoms with Crippen LogP contribution in [-0.2, 0) is 6.54 Å². The number of anilines is 1. The van der Waals surface area contributed by atoms with Crippen molar-refractivity contribution in [3.63, 3.8) is 0 Å². The van der Waals surface area contributed by atoms with Crippen molar-refractivity contribution < 1.29 is 14.7 Å². The Morgan fingerprint density at radius 3 is 2.71 bits per heavy atom. The summed E-state index contributed by atoms with van der Waals surface area (Å²) in [6.07, 6.45) is 0. The molecule has 21 heavy (non-hydrogen) atoms. The molecule has 0 saturated heterocycles. The first kappa shape index (κ1) is 14.8. The minimum absolute atomic E-state index is 0.174. The van der Waals surface area contributed by atoms with Gasteiger partial charge in [-0.1, -0.05) is 11.3 Å². The number of hydrogen-bond acceptors (Lipinski definition) is 4. The molecule has 0 aliphatic heterocycles. The molecule has 0 atom stereocenters. The van der Waals surface area contributed by atoms with Crippen molar-refractivity contribution in [3.05, 3.63) is 50.1 Å². The molecule has 0 unspecified atom stereocenters. The van der Waals surface area contributed by atoms with Gasteiger partial charge in [0.05, 0.1) is 12.1 Å². The molecule has 0 radical (unpaired) electrons. The fraction of sp³-hybridized carbons (Fsp3) is 0.154. The number of urea groups is 1. The number of rotatable bonds is 4. The standard InChI is InChI=1S/C13H13N3O4S/c1-7-4-8(2-3-10(7)11(17)18)15-12(19)14-5-9-6-21-13(20)16-9/h2-4,6H,5H2,1H3,(H,16,20)(H,17,18)(H2,14,15,19). The Labute approximate surface area is 123 Å². The maximum atomic E-state index is 11.7. The normalized spacial score (nSPS) is 10.1. The third kappa shape index (κ3) is 3.93. The van der Waals surface area contributed by atoms with Gasteiger partial charge in [0.2, 0.25) is 0 Å². The van der Waals surface area contributed by atoms with Crippen LogP contribution in [0.15, 0.2) is 28.4 Å². The number of H-pyrrole nitrogens is 1. The molecule has 1 heterocycles. The molecular weight excluding hydrogens is 294 g/mol. The van der Waals surface area contributed by atoms with E-state index in [2.05, 4.69) is 15.6 Å². The Balaban J connectivity index is 1.95. The van der Waals surface area contributed by atoms with Crippen LogP contribution >= 0.6 is 11.3 Å². The summed E-state index contributed by atoms with van der Waals surface area (Å²) in [5.74, 6) is -1.01. The highest BCUT2D eigenvalue weighted by atomic mass is 32.1. The number of aryl methyl sites for hydroxylation is 1. The first-order valence-corrected chi connectivity index (χ1v) is 6.89. The fourth-order valence-electron chi connectivity index (χ4n) is 1.73. The number of thiazole rings is 1. The van der Waals surface area contributed by atoms with E-state index < -0.39 is 12.0 Å². The number of carboxylic acid groups (broad SMARTS) is 1. The van der Waals surface area contributed by atoms with E-state index in [1.165, 1.54) is 12.1 Å². The van der Waals surface area contributed by atoms with Crippen molar-refractivity contribution in [2.24, 2.45) is 0 Å². The second kappa shape index (κ2) is 6.23. The third-order valence-electron chi connectivity index (χ3n) is 2.72. The summed E-state index contributed by atoms with van der Waals surface area (Å²) >= 11 is 1.03. The molecular formula is C13H13N3O4S. The van der Waals surface area contributed by atoms with Crippen molar-refractivity contribution in [1.29, 1.82) is 0 Å². The van der Waals surface area contributed by atoms with Crippen LogP contribution in [0.4, 0.5) is 10.5 Å². The van der Waals surface area contributed by atoms with Crippen molar-refractivity contribution in [1.82, 2.24) is 10.3 Å². The quantitative estimate of drug-likeness (QED) is 0.689. The van der Waals surface area contributed by atoms with Crippen LogP contribution in [0.5, 0.6) is 0 Å². The Bertz CT molecular complexity index is 735. The SMILES string of the molecule is Cc1cc(NC(=O)NCc2csc(=O)[nH]2)ccc1C(=O)O. The number of aromatic nitrogens is 1. The van der Waals surface area contributed by atoms with Gasteiger partial charge in [0.1, 0.15) is 0 Å². The van der Waals surface area contributed by atoms with Gasteiger partial charge < -0.3 is 20.7 Å². The number of carbonyl (C=O) groups is 2. The molecule has 0 bridgehead atoms. The van der Waals surface area contributed by atoms with Gasteiger partial charge in [0, 0.05) is 16.8 Å². The van der Waals surface area contributed by atoms with E-state index in [-0.39, 0.29) is 17.0 Å². The molecule has 0 aliphatic rings. The number of carbonyl (C=O) groups excluding carboxylic acids is 1. The fourth-order valence-corrected chi connectivity index (χ4v) is 2.31. The number of aromatic amines is 1. The van der Waals surface area contributed by atoms with Gasteiger partial charge >= 0.3 is 16.9 Å². The highest BCUT2D eigenvalue weighted by Gasteiger charge is 2.08. The lowest BCUT2D eigenvalue weighted by molar-refractivity contribution is 0.0696. The molecule has 0 fully saturated rings. The molecule has 0 aliphatic carbocycles. The smallest absolute Gasteiger partial charge is 0.335 e. The van der Waals surface area contributed by atoms with Gasteiger partial charge in [-0.05, 0) is 30.7 Å². The average molecular weight is 307 g/mol. The number of carboxylic acids is 1. The lowest BCUT2D eigenvalue weighted by atomic mass is 10.1. The van der Waals surface area contributed by atoms with E-state index >= 15 is 0 Å². The summed E-state index contributed by atoms with van der Waals surface area (Å²) in [6, 6.07) is 4.09. The lowest BCUT2D eigenvalue weighted by Gasteiger charge is -2.08. The summed E-state index contributed by atoms with van der Waals surface area (Å²) in [7, 11) is 0. The van der Waals surface area contributed by atoms with Gasteiger partial charge in [-0.25, -0.2) is 9.59 Å². The Kier molecular flexibility index (Phi) is 4.39. The van der Waals surface area contributed by atoms with Crippen molar-refractivity contribution in [3.8, 4) is 0 Å². The predicted octanol–water partition coefficient (Wildman–Crippen LogP) is 1.76. The molecule has 2 rings (SSSR count). The Morgan fingerprint density at radius 2 is 2.14 bits per heavy atom. The predicted molar refractivity (Wildman–Crippen MR) is 78.9 cm³/mol. The van der Waals surface area contributed by atoms with Crippen LogP contribution in [-0.4, -0.2) is 22.1 Å². The summed E-state index contributed by atoms with van der Waals surface area (Å²) in [4.78, 5) is 35.9. The van der Waals surface area contributed by atoms with Crippen LogP contribution in [0.1, 0.15) is 21.6 Å². The molecule has 1 aromatic heterocycles. The van der Waals surface area contributed by atoms with E-state index in [1.807, 2.05) is 0 Å². The maximum Gasteiger partial charge on any atom is 0.335 e. The zero-order valence-electron chi connectivity index (χ0n) is 11.1. The summed E-state index contributed by atoms with van der Waals surface area (Å²) < 4.78 is 0. The highest BCUT2D eigenvalue weighted by Crippen LogP contribution is 2.15. The minimum atomic E-state index is -1.01. The van der Waals surface area contributed by atoms with Gasteiger partial charge in [-0.3, -0.25) is 4.79 Å². The van der Waals surface area contributed by atoms with Gasteiger partial charge in [0.25, 0.3) is 0 Å². The first-order chi connectivity index (χ1) is 9.95.